The van der Waals surface area contributed by atoms with E-state index in [0.717, 1.165) is 29.5 Å². The van der Waals surface area contributed by atoms with Crippen molar-refractivity contribution in [2.45, 2.75) is 186 Å². The third kappa shape index (κ3) is 19.2. The average Bonchev–Trinajstić information content (AvgIpc) is 1.82. The summed E-state index contributed by atoms with van der Waals surface area (Å²) in [5, 5.41) is 18.2. The van der Waals surface area contributed by atoms with Gasteiger partial charge in [0.15, 0.2) is 11.6 Å². The number of aryl methyl sites for hydroxylation is 1. The van der Waals surface area contributed by atoms with Gasteiger partial charge in [0, 0.05) is 82.6 Å². The molecule has 5 amide bonds. The molecular formula is C64H87BrClN5O14. The highest BCUT2D eigenvalue weighted by atomic mass is 79.9. The van der Waals surface area contributed by atoms with Crippen molar-refractivity contribution in [2.24, 2.45) is 23.5 Å². The first-order valence-corrected chi connectivity index (χ1v) is 30.8. The molecule has 2 aromatic carbocycles. The number of amides is 5. The number of carbonyl (C=O) groups is 9. The van der Waals surface area contributed by atoms with Gasteiger partial charge in [0.2, 0.25) is 11.8 Å². The number of epoxide rings is 1. The number of methoxy groups -OCH3 is 1. The number of esters is 2. The maximum Gasteiger partial charge on any atom is 0.328 e. The number of alkyl halides is 1. The van der Waals surface area contributed by atoms with Crippen LogP contribution in [0.1, 0.15) is 146 Å². The van der Waals surface area contributed by atoms with Crippen LogP contribution in [0.2, 0.25) is 5.02 Å². The monoisotopic (exact) mass is 1260 g/mol. The van der Waals surface area contributed by atoms with Gasteiger partial charge in [-0.25, -0.2) is 9.59 Å². The van der Waals surface area contributed by atoms with Gasteiger partial charge in [-0.3, -0.25) is 33.6 Å². The third-order valence-electron chi connectivity index (χ3n) is 16.7. The molecule has 3 aliphatic heterocycles. The number of urea groups is 1. The predicted molar refractivity (Wildman–Crippen MR) is 327 cm³/mol. The van der Waals surface area contributed by atoms with Crippen LogP contribution in [0.3, 0.4) is 0 Å². The molecule has 21 heteroatoms. The van der Waals surface area contributed by atoms with Gasteiger partial charge in [-0.2, -0.15) is 0 Å². The second kappa shape index (κ2) is 31.5. The number of hydrogen-bond acceptors (Lipinski definition) is 14. The Morgan fingerprint density at radius 1 is 1.01 bits per heavy atom. The molecule has 85 heavy (non-hydrogen) atoms. The molecule has 466 valence electrons. The van der Waals surface area contributed by atoms with E-state index in [-0.39, 0.29) is 80.3 Å². The Morgan fingerprint density at radius 3 is 2.32 bits per heavy atom. The van der Waals surface area contributed by atoms with E-state index in [0.29, 0.717) is 59.3 Å². The van der Waals surface area contributed by atoms with Gasteiger partial charge in [-0.15, -0.1) is 0 Å². The van der Waals surface area contributed by atoms with E-state index in [1.54, 1.807) is 45.2 Å². The number of Topliss-reactive ketones (excluding diaryl/α,β-unsaturated/α-hetero) is 3. The third-order valence-corrected chi connectivity index (χ3v) is 17.9. The SMILES string of the molecule is C=C(CBr)C(=O)CCCCCCC(=O)C[C@H](C(=O)N[C@@H](CCCNC(N)=O)C(=O)Cc1ccc(C(=O)N(C)[C@@H](C)C(=O)O[C@H]2CC(=O)N(C)c3cc(cc(C)c3Cl)C/C(C)=C/C=C/[C@@H](OC)[C@]3(O)CC(=O)O[C@@H](C3)[C@@H](C)[C@@H]3O[C@@]23C)cc1)C(C)C. The quantitative estimate of drug-likeness (QED) is 0.0226. The molecule has 3 heterocycles. The second-order valence-electron chi connectivity index (χ2n) is 23.7. The first-order valence-electron chi connectivity index (χ1n) is 29.3. The van der Waals surface area contributed by atoms with Crippen molar-refractivity contribution in [3.05, 3.63) is 99.6 Å². The number of benzene rings is 2. The van der Waals surface area contributed by atoms with E-state index >= 15 is 0 Å². The number of anilines is 1. The molecule has 0 saturated carbocycles. The lowest BCUT2D eigenvalue weighted by molar-refractivity contribution is -0.187. The molecule has 5 N–H and O–H groups in total. The number of fused-ring (bicyclic) bond motifs is 5. The molecule has 4 bridgehead atoms. The summed E-state index contributed by atoms with van der Waals surface area (Å²) in [6.07, 6.45) is 5.35. The summed E-state index contributed by atoms with van der Waals surface area (Å²) < 4.78 is 24.2. The number of halogens is 2. The normalized spacial score (nSPS) is 24.5. The Hall–Kier alpha value is -6.06. The zero-order chi connectivity index (χ0) is 63.1. The topological polar surface area (TPSA) is 271 Å². The van der Waals surface area contributed by atoms with Gasteiger partial charge in [0.1, 0.15) is 41.3 Å². The van der Waals surface area contributed by atoms with Crippen LogP contribution in [0.4, 0.5) is 10.5 Å². The lowest BCUT2D eigenvalue weighted by atomic mass is 9.78. The molecule has 2 fully saturated rings. The van der Waals surface area contributed by atoms with Crippen molar-refractivity contribution in [3.63, 3.8) is 0 Å². The summed E-state index contributed by atoms with van der Waals surface area (Å²) in [6, 6.07) is 7.07. The number of rotatable bonds is 26. The lowest BCUT2D eigenvalue weighted by Gasteiger charge is -2.41. The Morgan fingerprint density at radius 2 is 1.68 bits per heavy atom. The number of ketones is 3. The van der Waals surface area contributed by atoms with E-state index < -0.39 is 95.2 Å². The fourth-order valence-electron chi connectivity index (χ4n) is 11.1. The number of nitrogens with zero attached hydrogens (tertiary/aromatic N) is 2. The van der Waals surface area contributed by atoms with Crippen LogP contribution < -0.4 is 21.3 Å². The molecule has 19 nitrogen and oxygen atoms in total. The second-order valence-corrected chi connectivity index (χ2v) is 24.7. The van der Waals surface area contributed by atoms with Gasteiger partial charge in [-0.05, 0) is 106 Å². The lowest BCUT2D eigenvalue weighted by Crippen LogP contribution is -2.53. The van der Waals surface area contributed by atoms with Crippen LogP contribution in [0.25, 0.3) is 0 Å². The van der Waals surface area contributed by atoms with E-state index in [4.69, 9.17) is 36.3 Å². The summed E-state index contributed by atoms with van der Waals surface area (Å²) in [4.78, 5) is 123. The summed E-state index contributed by atoms with van der Waals surface area (Å²) >= 11 is 10.1. The van der Waals surface area contributed by atoms with Gasteiger partial charge in [-0.1, -0.05) is 110 Å². The van der Waals surface area contributed by atoms with Crippen molar-refractivity contribution in [1.29, 1.82) is 0 Å². The molecule has 0 unspecified atom stereocenters. The molecule has 2 aromatic rings. The molecule has 0 aliphatic carbocycles. The molecule has 0 spiro atoms. The minimum Gasteiger partial charge on any atom is -0.462 e. The van der Waals surface area contributed by atoms with Gasteiger partial charge < -0.3 is 50.2 Å². The van der Waals surface area contributed by atoms with E-state index in [1.807, 2.05) is 45.9 Å². The highest BCUT2D eigenvalue weighted by Crippen LogP contribution is 2.50. The highest BCUT2D eigenvalue weighted by Gasteiger charge is 2.64. The number of unbranched alkanes of at least 4 members (excludes halogenated alkanes) is 3. The van der Waals surface area contributed by atoms with Crippen molar-refractivity contribution in [3.8, 4) is 0 Å². The summed E-state index contributed by atoms with van der Waals surface area (Å²) in [6.45, 7) is 16.3. The molecule has 3 aliphatic rings. The number of nitrogens with one attached hydrogen (secondary N) is 2. The highest BCUT2D eigenvalue weighted by molar-refractivity contribution is 9.09. The van der Waals surface area contributed by atoms with Crippen molar-refractivity contribution in [2.75, 3.05) is 38.0 Å². The van der Waals surface area contributed by atoms with Gasteiger partial charge in [0.05, 0.1) is 35.7 Å². The standard InChI is InChI=1S/C64H87BrClN5O14/c1-37(2)47(32-46(72)19-14-12-13-15-21-50(73)40(5)36-65)59(77)69-48(20-17-27-68-62(67)80)51(74)31-43-23-25-45(26-24-43)60(78)70(9)42(7)61(79)84-54-33-55(75)71(10)49-30-44(29-39(4)57(49)66)28-38(3)18-16-22-53(82-11)64(81)34-52(83-56(76)35-64)41(6)58-63(54,8)85-58/h16,18,22-26,29-30,37,41-42,47-48,52-54,58,81H,5,12-15,17,19-21,27-28,31-36H2,1-4,6-11H3,(H,69,77)(H3,67,68,80)/b22-16+,38-18+/t41-,42+,47+,48+,52+,53-,54+,58+,63+,64-/m1/s1. The average molecular weight is 1270 g/mol. The summed E-state index contributed by atoms with van der Waals surface area (Å²) in [7, 11) is 4.47. The maximum atomic E-state index is 14.5. The van der Waals surface area contributed by atoms with Crippen LogP contribution in [0, 0.1) is 24.7 Å². The summed E-state index contributed by atoms with van der Waals surface area (Å²) in [5.41, 5.74) is 6.56. The minimum absolute atomic E-state index is 0.00278. The molecular weight excluding hydrogens is 1180 g/mol. The fraction of sp³-hybridized carbons (Fsp3) is 0.578. The maximum absolute atomic E-state index is 14.5. The minimum atomic E-state index is -1.64. The number of likely N-dealkylation sites (N-methyl/N-ethyl adjacent to an activating group) is 1. The van der Waals surface area contributed by atoms with E-state index in [2.05, 4.69) is 33.1 Å². The van der Waals surface area contributed by atoms with Crippen LogP contribution in [0.15, 0.2) is 72.4 Å². The van der Waals surface area contributed by atoms with Crippen molar-refractivity contribution < 1.29 is 67.2 Å². The van der Waals surface area contributed by atoms with Gasteiger partial charge >= 0.3 is 18.0 Å². The number of nitrogens with two attached hydrogens (primary N) is 1. The fourth-order valence-corrected chi connectivity index (χ4v) is 11.6. The van der Waals surface area contributed by atoms with Gasteiger partial charge in [0.25, 0.3) is 5.91 Å². The van der Waals surface area contributed by atoms with Crippen LogP contribution >= 0.6 is 27.5 Å². The first kappa shape index (κ1) is 69.7. The number of carbonyl (C=O) groups excluding carboxylic acids is 9. The number of allylic oxidation sites excluding steroid dienone is 4. The van der Waals surface area contributed by atoms with Crippen molar-refractivity contribution >= 4 is 86.3 Å². The Labute approximate surface area is 513 Å². The molecule has 0 radical (unpaired) electrons. The zero-order valence-electron chi connectivity index (χ0n) is 50.9. The molecule has 0 aromatic heterocycles. The predicted octanol–water partition coefficient (Wildman–Crippen LogP) is 8.51. The van der Waals surface area contributed by atoms with E-state index in [1.165, 1.54) is 43.0 Å². The molecule has 5 rings (SSSR count). The number of ether oxygens (including phenoxy) is 4. The number of hydrogen-bond donors (Lipinski definition) is 4. The Bertz CT molecular complexity index is 2860. The van der Waals surface area contributed by atoms with Crippen molar-refractivity contribution in [1.82, 2.24) is 15.5 Å². The Balaban J connectivity index is 1.29. The number of aliphatic hydroxyl groups is 1. The molecule has 2 saturated heterocycles. The largest absolute Gasteiger partial charge is 0.462 e. The Kier molecular flexibility index (Phi) is 25.9. The summed E-state index contributed by atoms with van der Waals surface area (Å²) in [5.74, 6) is -4.84. The first-order chi connectivity index (χ1) is 40.0. The van der Waals surface area contributed by atoms with Crippen LogP contribution in [-0.4, -0.2) is 144 Å². The van der Waals surface area contributed by atoms with E-state index in [9.17, 15) is 48.3 Å². The van der Waals surface area contributed by atoms with Crippen LogP contribution in [0.5, 0.6) is 0 Å². The zero-order valence-corrected chi connectivity index (χ0v) is 53.2. The smallest absolute Gasteiger partial charge is 0.328 e. The molecule has 10 atom stereocenters. The van der Waals surface area contributed by atoms with Crippen LogP contribution in [-0.2, 0) is 65.4 Å². The number of primary amides is 1.